The number of rotatable bonds is 4. The molecular weight excluding hydrogens is 310 g/mol. The first-order valence-corrected chi connectivity index (χ1v) is 9.49. The van der Waals surface area contributed by atoms with Gasteiger partial charge in [-0.05, 0) is 67.1 Å². The monoisotopic (exact) mass is 339 g/mol. The second-order valence-electron chi connectivity index (χ2n) is 9.59. The Morgan fingerprint density at radius 2 is 2.08 bits per heavy atom. The Hall–Kier alpha value is -1.84. The predicted octanol–water partition coefficient (Wildman–Crippen LogP) is 4.91. The molecule has 0 radical (unpaired) electrons. The average molecular weight is 339 g/mol. The van der Waals surface area contributed by atoms with Gasteiger partial charge in [-0.2, -0.15) is 0 Å². The third-order valence-corrected chi connectivity index (χ3v) is 5.75. The molecule has 25 heavy (non-hydrogen) atoms. The maximum absolute atomic E-state index is 12.2. The number of nitrogens with one attached hydrogen (secondary N) is 1. The Balaban J connectivity index is 1.49. The molecule has 2 aliphatic carbocycles. The van der Waals surface area contributed by atoms with Gasteiger partial charge in [0.1, 0.15) is 5.82 Å². The summed E-state index contributed by atoms with van der Waals surface area (Å²) in [4.78, 5) is 16.9. The molecule has 4 rings (SSSR count). The first kappa shape index (κ1) is 16.6. The van der Waals surface area contributed by atoms with Crippen molar-refractivity contribution in [2.45, 2.75) is 66.3 Å². The van der Waals surface area contributed by atoms with Crippen LogP contribution in [0.25, 0.3) is 11.0 Å². The molecule has 134 valence electrons. The second-order valence-corrected chi connectivity index (χ2v) is 9.59. The highest BCUT2D eigenvalue weighted by atomic mass is 16.1. The summed E-state index contributed by atoms with van der Waals surface area (Å²) in [6, 6.07) is 4.24. The van der Waals surface area contributed by atoms with Crippen LogP contribution in [0.5, 0.6) is 0 Å². The molecule has 2 aliphatic rings. The highest BCUT2D eigenvalue weighted by molar-refractivity contribution is 5.92. The molecule has 2 aromatic heterocycles. The first-order chi connectivity index (χ1) is 11.7. The number of carbonyl (C=O) groups is 1. The molecule has 2 aromatic rings. The zero-order valence-electron chi connectivity index (χ0n) is 15.9. The van der Waals surface area contributed by atoms with Gasteiger partial charge < -0.3 is 9.88 Å². The largest absolute Gasteiger partial charge is 0.346 e. The minimum atomic E-state index is -0.0207. The fourth-order valence-electron chi connectivity index (χ4n) is 4.31. The maximum atomic E-state index is 12.2. The van der Waals surface area contributed by atoms with Crippen LogP contribution in [0.1, 0.15) is 58.4 Å². The van der Waals surface area contributed by atoms with Crippen molar-refractivity contribution in [1.29, 1.82) is 0 Å². The van der Waals surface area contributed by atoms with E-state index < -0.39 is 0 Å². The molecule has 2 heterocycles. The van der Waals surface area contributed by atoms with Crippen LogP contribution in [0.3, 0.4) is 0 Å². The van der Waals surface area contributed by atoms with Crippen LogP contribution in [0.15, 0.2) is 18.3 Å². The Morgan fingerprint density at radius 1 is 1.36 bits per heavy atom. The van der Waals surface area contributed by atoms with Crippen molar-refractivity contribution in [1.82, 2.24) is 9.55 Å². The number of aryl methyl sites for hydroxylation is 1. The van der Waals surface area contributed by atoms with Gasteiger partial charge in [0.05, 0.1) is 11.0 Å². The van der Waals surface area contributed by atoms with Gasteiger partial charge in [-0.25, -0.2) is 4.98 Å². The van der Waals surface area contributed by atoms with Crippen LogP contribution in [-0.4, -0.2) is 15.5 Å². The molecule has 4 nitrogen and oxygen atoms in total. The normalized spacial score (nSPS) is 19.2. The molecule has 0 aromatic carbocycles. The molecule has 1 amide bonds. The van der Waals surface area contributed by atoms with E-state index in [1.807, 2.05) is 6.92 Å². The second kappa shape index (κ2) is 5.58. The van der Waals surface area contributed by atoms with Gasteiger partial charge in [-0.3, -0.25) is 4.79 Å². The van der Waals surface area contributed by atoms with Crippen molar-refractivity contribution in [2.24, 2.45) is 16.7 Å². The number of hydrogen-bond donors (Lipinski definition) is 1. The third kappa shape index (κ3) is 3.44. The van der Waals surface area contributed by atoms with Crippen LogP contribution in [0.4, 0.5) is 5.82 Å². The summed E-state index contributed by atoms with van der Waals surface area (Å²) in [5.74, 6) is 1.55. The van der Waals surface area contributed by atoms with Crippen molar-refractivity contribution in [3.8, 4) is 0 Å². The molecule has 4 heteroatoms. The SMILES string of the molecule is Cc1cc2c(ccn2CC2CC3(CC3)C2)nc1NC(=O)CC(C)(C)C. The Morgan fingerprint density at radius 3 is 2.72 bits per heavy atom. The zero-order valence-corrected chi connectivity index (χ0v) is 15.9. The number of carbonyl (C=O) groups excluding carboxylic acids is 1. The van der Waals surface area contributed by atoms with Crippen LogP contribution < -0.4 is 5.32 Å². The topological polar surface area (TPSA) is 46.9 Å². The summed E-state index contributed by atoms with van der Waals surface area (Å²) < 4.78 is 2.34. The van der Waals surface area contributed by atoms with Crippen molar-refractivity contribution in [3.05, 3.63) is 23.9 Å². The number of aromatic nitrogens is 2. The average Bonchev–Trinajstić information content (AvgIpc) is 3.15. The molecule has 2 saturated carbocycles. The lowest BCUT2D eigenvalue weighted by Crippen LogP contribution is -2.28. The lowest BCUT2D eigenvalue weighted by molar-refractivity contribution is -0.117. The van der Waals surface area contributed by atoms with Gasteiger partial charge in [0, 0.05) is 19.2 Å². The van der Waals surface area contributed by atoms with Gasteiger partial charge >= 0.3 is 0 Å². The molecule has 0 bridgehead atoms. The molecule has 0 saturated heterocycles. The van der Waals surface area contributed by atoms with Gasteiger partial charge in [0.2, 0.25) is 5.91 Å². The quantitative estimate of drug-likeness (QED) is 0.860. The number of anilines is 1. The molecule has 0 aliphatic heterocycles. The van der Waals surface area contributed by atoms with E-state index in [1.165, 1.54) is 31.2 Å². The van der Waals surface area contributed by atoms with Crippen LogP contribution in [-0.2, 0) is 11.3 Å². The summed E-state index contributed by atoms with van der Waals surface area (Å²) >= 11 is 0. The van der Waals surface area contributed by atoms with Gasteiger partial charge in [-0.15, -0.1) is 0 Å². The first-order valence-electron chi connectivity index (χ1n) is 9.49. The lowest BCUT2D eigenvalue weighted by atomic mass is 9.72. The van der Waals surface area contributed by atoms with Gasteiger partial charge in [-0.1, -0.05) is 20.8 Å². The summed E-state index contributed by atoms with van der Waals surface area (Å²) in [7, 11) is 0. The summed E-state index contributed by atoms with van der Waals surface area (Å²) in [5.41, 5.74) is 3.92. The zero-order chi connectivity index (χ0) is 17.8. The molecular formula is C21H29N3O. The lowest BCUT2D eigenvalue weighted by Gasteiger charge is -2.36. The van der Waals surface area contributed by atoms with Gasteiger partial charge in [0.25, 0.3) is 0 Å². The smallest absolute Gasteiger partial charge is 0.226 e. The molecule has 2 fully saturated rings. The highest BCUT2D eigenvalue weighted by Crippen LogP contribution is 2.63. The molecule has 0 unspecified atom stereocenters. The summed E-state index contributed by atoms with van der Waals surface area (Å²) in [6.45, 7) is 9.34. The number of nitrogens with zero attached hydrogens (tertiary/aromatic N) is 2. The fourth-order valence-corrected chi connectivity index (χ4v) is 4.31. The minimum absolute atomic E-state index is 0.0207. The van der Waals surface area contributed by atoms with E-state index in [9.17, 15) is 4.79 Å². The predicted molar refractivity (Wildman–Crippen MR) is 102 cm³/mol. The Labute approximate surface area is 150 Å². The maximum Gasteiger partial charge on any atom is 0.226 e. The number of amides is 1. The molecule has 0 atom stereocenters. The van der Waals surface area contributed by atoms with E-state index in [2.05, 4.69) is 49.0 Å². The van der Waals surface area contributed by atoms with Crippen LogP contribution in [0.2, 0.25) is 0 Å². The summed E-state index contributed by atoms with van der Waals surface area (Å²) in [5, 5.41) is 2.99. The minimum Gasteiger partial charge on any atom is -0.346 e. The van der Waals surface area contributed by atoms with Crippen molar-refractivity contribution >= 4 is 22.8 Å². The van der Waals surface area contributed by atoms with E-state index in [1.54, 1.807) is 0 Å². The standard InChI is InChI=1S/C21H29N3O/c1-14-9-17-16(22-19(14)23-18(25)12-20(2,3)4)5-8-24(17)13-15-10-21(11-15)6-7-21/h5,8-9,15H,6-7,10-13H2,1-4H3,(H,22,23,25). The van der Waals surface area contributed by atoms with Crippen molar-refractivity contribution < 1.29 is 4.79 Å². The van der Waals surface area contributed by atoms with Crippen molar-refractivity contribution in [2.75, 3.05) is 5.32 Å². The van der Waals surface area contributed by atoms with E-state index in [0.717, 1.165) is 29.0 Å². The Bertz CT molecular complexity index is 816. The van der Waals surface area contributed by atoms with Crippen molar-refractivity contribution in [3.63, 3.8) is 0 Å². The molecule has 1 N–H and O–H groups in total. The highest BCUT2D eigenvalue weighted by Gasteiger charge is 2.52. The van der Waals surface area contributed by atoms with Crippen LogP contribution in [0, 0.1) is 23.7 Å². The molecule has 1 spiro atoms. The Kier molecular flexibility index (Phi) is 3.71. The number of hydrogen-bond acceptors (Lipinski definition) is 2. The summed E-state index contributed by atoms with van der Waals surface area (Å²) in [6.07, 6.45) is 8.36. The van der Waals surface area contributed by atoms with E-state index >= 15 is 0 Å². The van der Waals surface area contributed by atoms with E-state index in [-0.39, 0.29) is 11.3 Å². The fraction of sp³-hybridized carbons (Fsp3) is 0.619. The van der Waals surface area contributed by atoms with Crippen LogP contribution >= 0.6 is 0 Å². The van der Waals surface area contributed by atoms with E-state index in [4.69, 9.17) is 4.98 Å². The van der Waals surface area contributed by atoms with E-state index in [0.29, 0.717) is 12.2 Å². The number of pyridine rings is 1. The van der Waals surface area contributed by atoms with Gasteiger partial charge in [0.15, 0.2) is 0 Å². The third-order valence-electron chi connectivity index (χ3n) is 5.75. The number of fused-ring (bicyclic) bond motifs is 1.